The van der Waals surface area contributed by atoms with E-state index in [0.717, 1.165) is 34.3 Å². The normalized spacial score (nSPS) is 19.0. The molecule has 6 aromatic rings. The van der Waals surface area contributed by atoms with E-state index in [1.54, 1.807) is 0 Å². The van der Waals surface area contributed by atoms with Gasteiger partial charge in [0.2, 0.25) is 15.9 Å². The Morgan fingerprint density at radius 3 is 2.48 bits per heavy atom. The van der Waals surface area contributed by atoms with Crippen molar-refractivity contribution >= 4 is 71.1 Å². The molecule has 1 amide bonds. The lowest BCUT2D eigenvalue weighted by Crippen LogP contribution is -2.38. The van der Waals surface area contributed by atoms with Gasteiger partial charge in [-0.05, 0) is 42.2 Å². The summed E-state index contributed by atoms with van der Waals surface area (Å²) in [6.07, 6.45) is -4.93. The van der Waals surface area contributed by atoms with Crippen molar-refractivity contribution in [1.29, 1.82) is 0 Å². The van der Waals surface area contributed by atoms with Gasteiger partial charge in [-0.15, -0.1) is 0 Å². The maximum Gasteiger partial charge on any atom is 0.435 e. The SMILES string of the molecule is Cn1nc(NS(C)(=O)=O)c2c(Cl)ccc(-n3c([C@H](Cc4cc(F)cc(F)c4)NC(=O)Cn4nc(C(F)(F)F)c5c4C(F)(F)[C@@H]4C[C@H]54)nc4nc(N5CCOCC5)sc4c3=O)c21. The van der Waals surface area contributed by atoms with Crippen molar-refractivity contribution < 1.29 is 48.7 Å². The lowest BCUT2D eigenvalue weighted by molar-refractivity contribution is -0.142. The molecule has 0 unspecified atom stereocenters. The van der Waals surface area contributed by atoms with Crippen LogP contribution in [0.4, 0.5) is 41.7 Å². The Bertz CT molecular complexity index is 2960. The van der Waals surface area contributed by atoms with E-state index in [1.165, 1.54) is 23.9 Å². The van der Waals surface area contributed by atoms with Crippen LogP contribution in [0.1, 0.15) is 46.7 Å². The molecule has 61 heavy (non-hydrogen) atoms. The number of carbonyl (C=O) groups is 1. The molecule has 1 aliphatic heterocycles. The summed E-state index contributed by atoms with van der Waals surface area (Å²) in [6, 6.07) is 3.62. The first-order valence-corrected chi connectivity index (χ1v) is 21.5. The molecule has 15 nitrogen and oxygen atoms in total. The van der Waals surface area contributed by atoms with E-state index < -0.39 is 93.0 Å². The Hall–Kier alpha value is -5.33. The van der Waals surface area contributed by atoms with E-state index in [4.69, 9.17) is 21.3 Å². The van der Waals surface area contributed by atoms with E-state index in [9.17, 15) is 40.0 Å². The van der Waals surface area contributed by atoms with E-state index in [0.29, 0.717) is 42.2 Å². The minimum absolute atomic E-state index is 0.00791. The number of carbonyl (C=O) groups excluding carboxylic acids is 1. The zero-order valence-corrected chi connectivity index (χ0v) is 33.9. The van der Waals surface area contributed by atoms with Gasteiger partial charge in [-0.2, -0.15) is 37.1 Å². The molecule has 322 valence electrons. The molecule has 9 rings (SSSR count). The van der Waals surface area contributed by atoms with Crippen molar-refractivity contribution in [3.05, 3.63) is 85.7 Å². The molecule has 2 N–H and O–H groups in total. The average Bonchev–Trinajstić information content (AvgIpc) is 3.40. The summed E-state index contributed by atoms with van der Waals surface area (Å²) < 4.78 is 138. The maximum atomic E-state index is 15.5. The fraction of sp³-hybridized carbons (Fsp3) is 0.389. The fourth-order valence-electron chi connectivity index (χ4n) is 8.16. The van der Waals surface area contributed by atoms with Crippen LogP contribution in [0.3, 0.4) is 0 Å². The predicted octanol–water partition coefficient (Wildman–Crippen LogP) is 5.39. The third-order valence-electron chi connectivity index (χ3n) is 10.7. The number of halogens is 8. The lowest BCUT2D eigenvalue weighted by atomic mass is 10.0. The summed E-state index contributed by atoms with van der Waals surface area (Å²) in [5.41, 5.74) is -4.14. The van der Waals surface area contributed by atoms with Crippen molar-refractivity contribution in [3.63, 3.8) is 0 Å². The summed E-state index contributed by atoms with van der Waals surface area (Å²) in [4.78, 5) is 40.2. The van der Waals surface area contributed by atoms with Gasteiger partial charge >= 0.3 is 6.18 Å². The van der Waals surface area contributed by atoms with Crippen molar-refractivity contribution in [2.24, 2.45) is 13.0 Å². The summed E-state index contributed by atoms with van der Waals surface area (Å²) in [5, 5.41) is 10.7. The number of sulfonamides is 1. The number of aryl methyl sites for hydroxylation is 1. The maximum absolute atomic E-state index is 15.5. The Balaban J connectivity index is 1.23. The van der Waals surface area contributed by atoms with Crippen molar-refractivity contribution in [1.82, 2.24) is 39.4 Å². The zero-order chi connectivity index (χ0) is 43.5. The minimum atomic E-state index is -5.11. The number of benzene rings is 2. The summed E-state index contributed by atoms with van der Waals surface area (Å²) >= 11 is 7.59. The molecule has 0 radical (unpaired) electrons. The summed E-state index contributed by atoms with van der Waals surface area (Å²) in [7, 11) is -2.49. The predicted molar refractivity (Wildman–Crippen MR) is 207 cm³/mol. The van der Waals surface area contributed by atoms with Gasteiger partial charge in [-0.25, -0.2) is 22.2 Å². The molecule has 4 aromatic heterocycles. The van der Waals surface area contributed by atoms with Gasteiger partial charge in [0, 0.05) is 44.1 Å². The molecule has 5 heterocycles. The zero-order valence-electron chi connectivity index (χ0n) is 31.5. The number of hydrogen-bond acceptors (Lipinski definition) is 11. The highest BCUT2D eigenvalue weighted by atomic mass is 35.5. The largest absolute Gasteiger partial charge is 0.435 e. The first kappa shape index (κ1) is 41.0. The molecule has 2 aliphatic carbocycles. The summed E-state index contributed by atoms with van der Waals surface area (Å²) in [5.74, 6) is -9.92. The lowest BCUT2D eigenvalue weighted by Gasteiger charge is -2.25. The number of thiazole rings is 1. The van der Waals surface area contributed by atoms with Gasteiger partial charge in [0.25, 0.3) is 11.5 Å². The molecule has 1 saturated heterocycles. The van der Waals surface area contributed by atoms with Crippen LogP contribution in [0.25, 0.3) is 26.9 Å². The second kappa shape index (κ2) is 14.4. The van der Waals surface area contributed by atoms with Crippen LogP contribution in [-0.2, 0) is 51.7 Å². The second-order valence-corrected chi connectivity index (χ2v) is 18.1. The highest BCUT2D eigenvalue weighted by Gasteiger charge is 2.68. The highest BCUT2D eigenvalue weighted by Crippen LogP contribution is 2.68. The molecule has 25 heteroatoms. The molecule has 0 spiro atoms. The van der Waals surface area contributed by atoms with Crippen molar-refractivity contribution in [2.75, 3.05) is 42.2 Å². The van der Waals surface area contributed by atoms with Crippen LogP contribution >= 0.6 is 22.9 Å². The molecular weight excluding hydrogens is 885 g/mol. The van der Waals surface area contributed by atoms with Crippen LogP contribution in [-0.4, -0.2) is 81.0 Å². The molecule has 1 saturated carbocycles. The highest BCUT2D eigenvalue weighted by molar-refractivity contribution is 7.92. The fourth-order valence-corrected chi connectivity index (χ4v) is 9.89. The second-order valence-electron chi connectivity index (χ2n) is 14.9. The number of nitrogens with zero attached hydrogens (tertiary/aromatic N) is 8. The quantitative estimate of drug-likeness (QED) is 0.170. The number of anilines is 2. The number of amides is 1. The molecule has 0 bridgehead atoms. The van der Waals surface area contributed by atoms with Gasteiger partial charge in [0.05, 0.1) is 47.1 Å². The molecule has 2 aromatic carbocycles. The number of nitrogens with one attached hydrogen (secondary N) is 2. The van der Waals surface area contributed by atoms with Gasteiger partial charge in [-0.1, -0.05) is 22.9 Å². The van der Waals surface area contributed by atoms with Crippen LogP contribution in [0.5, 0.6) is 0 Å². The van der Waals surface area contributed by atoms with Gasteiger partial charge in [0.15, 0.2) is 22.3 Å². The van der Waals surface area contributed by atoms with E-state index in [2.05, 4.69) is 25.2 Å². The monoisotopic (exact) mass is 914 g/mol. The Morgan fingerprint density at radius 2 is 1.80 bits per heavy atom. The van der Waals surface area contributed by atoms with Crippen molar-refractivity contribution in [3.8, 4) is 5.69 Å². The molecule has 2 fully saturated rings. The van der Waals surface area contributed by atoms with Crippen molar-refractivity contribution in [2.45, 2.75) is 43.4 Å². The molecule has 3 atom stereocenters. The van der Waals surface area contributed by atoms with Gasteiger partial charge in [0.1, 0.15) is 34.4 Å². The average molecular weight is 915 g/mol. The van der Waals surface area contributed by atoms with Crippen LogP contribution < -0.4 is 20.5 Å². The number of rotatable bonds is 10. The molecule has 3 aliphatic rings. The van der Waals surface area contributed by atoms with E-state index in [-0.39, 0.29) is 55.6 Å². The number of fused-ring (bicyclic) bond motifs is 5. The van der Waals surface area contributed by atoms with E-state index >= 15 is 8.78 Å². The third kappa shape index (κ3) is 7.25. The topological polar surface area (TPSA) is 171 Å². The van der Waals surface area contributed by atoms with Crippen LogP contribution in [0, 0.1) is 17.6 Å². The first-order valence-electron chi connectivity index (χ1n) is 18.4. The van der Waals surface area contributed by atoms with Crippen LogP contribution in [0.15, 0.2) is 35.1 Å². The number of aromatic nitrogens is 7. The number of hydrogen-bond donors (Lipinski definition) is 2. The Kier molecular flexibility index (Phi) is 9.67. The Labute approximate surface area is 348 Å². The third-order valence-corrected chi connectivity index (χ3v) is 12.6. The standard InChI is InChI=1S/C36H30ClF7N10O5S2/c1-51-26-22(4-3-20(37)25(26)30(49-51)50-61(2,57)58)54-32(46-31-27(33(54)56)60-34(47-31)52-5-7-59-8-6-52)21(11-15-9-16(38)12-17(39)10-15)45-23(55)14-53-29-24(28(48-53)36(42,43)44)18-13-19(18)35(29,40)41/h3-4,9-10,12,18-19,21H,5-8,11,13-14H2,1-2H3,(H,45,55)(H,49,50)/t18-,19+,21-/m0/s1. The number of ether oxygens (including phenoxy) is 1. The smallest absolute Gasteiger partial charge is 0.378 e. The molecular formula is C36H30ClF7N10O5S2. The summed E-state index contributed by atoms with van der Waals surface area (Å²) in [6.45, 7) is 0.407. The van der Waals surface area contributed by atoms with Gasteiger partial charge in [-0.3, -0.25) is 28.2 Å². The van der Waals surface area contributed by atoms with Gasteiger partial charge < -0.3 is 15.0 Å². The first-order chi connectivity index (χ1) is 28.7. The Morgan fingerprint density at radius 1 is 1.10 bits per heavy atom. The van der Waals surface area contributed by atoms with Crippen LogP contribution in [0.2, 0.25) is 5.02 Å². The minimum Gasteiger partial charge on any atom is -0.378 e. The number of morpholine rings is 1. The number of alkyl halides is 5. The van der Waals surface area contributed by atoms with E-state index in [1.807, 2.05) is 4.90 Å².